The van der Waals surface area contributed by atoms with E-state index in [2.05, 4.69) is 5.32 Å². The molecule has 13 heavy (non-hydrogen) atoms. The van der Waals surface area contributed by atoms with Gasteiger partial charge in [0.25, 0.3) is 0 Å². The first kappa shape index (κ1) is 10.3. The van der Waals surface area contributed by atoms with Crippen molar-refractivity contribution in [3.05, 3.63) is 0 Å². The Morgan fingerprint density at radius 1 is 1.54 bits per heavy atom. The summed E-state index contributed by atoms with van der Waals surface area (Å²) in [6, 6.07) is -0.346. The van der Waals surface area contributed by atoms with Crippen molar-refractivity contribution in [3.63, 3.8) is 0 Å². The van der Waals surface area contributed by atoms with E-state index in [1.165, 1.54) is 0 Å². The quantitative estimate of drug-likeness (QED) is 0.585. The van der Waals surface area contributed by atoms with Crippen LogP contribution < -0.4 is 5.32 Å². The van der Waals surface area contributed by atoms with Gasteiger partial charge in [0.1, 0.15) is 0 Å². The van der Waals surface area contributed by atoms with Crippen molar-refractivity contribution in [1.29, 1.82) is 0 Å². The SMILES string of the molecule is O=C(O)NC(CO)C1CCOCC1. The first-order valence-corrected chi connectivity index (χ1v) is 4.42. The van der Waals surface area contributed by atoms with Crippen LogP contribution in [0.15, 0.2) is 0 Å². The molecule has 5 heteroatoms. The molecule has 0 aromatic heterocycles. The fraction of sp³-hybridized carbons (Fsp3) is 0.875. The number of carboxylic acid groups (broad SMARTS) is 1. The van der Waals surface area contributed by atoms with Gasteiger partial charge >= 0.3 is 6.09 Å². The van der Waals surface area contributed by atoms with Crippen LogP contribution in [0.2, 0.25) is 0 Å². The third-order valence-corrected chi connectivity index (χ3v) is 2.34. The fourth-order valence-electron chi connectivity index (χ4n) is 1.59. The van der Waals surface area contributed by atoms with Crippen LogP contribution >= 0.6 is 0 Å². The van der Waals surface area contributed by atoms with Crippen LogP contribution in [0.25, 0.3) is 0 Å². The Labute approximate surface area is 76.7 Å². The molecule has 5 nitrogen and oxygen atoms in total. The van der Waals surface area contributed by atoms with Crippen molar-refractivity contribution < 1.29 is 19.7 Å². The van der Waals surface area contributed by atoms with Crippen molar-refractivity contribution in [2.45, 2.75) is 18.9 Å². The smallest absolute Gasteiger partial charge is 0.404 e. The minimum Gasteiger partial charge on any atom is -0.465 e. The highest BCUT2D eigenvalue weighted by Crippen LogP contribution is 2.18. The van der Waals surface area contributed by atoms with Crippen molar-refractivity contribution >= 4 is 6.09 Å². The van der Waals surface area contributed by atoms with E-state index in [-0.39, 0.29) is 18.6 Å². The second-order valence-electron chi connectivity index (χ2n) is 3.19. The summed E-state index contributed by atoms with van der Waals surface area (Å²) in [5.74, 6) is 0.204. The zero-order chi connectivity index (χ0) is 9.68. The van der Waals surface area contributed by atoms with Gasteiger partial charge in [-0.05, 0) is 18.8 Å². The highest BCUT2D eigenvalue weighted by atomic mass is 16.5. The Balaban J connectivity index is 2.39. The molecule has 3 N–H and O–H groups in total. The molecule has 0 aliphatic carbocycles. The molecule has 0 bridgehead atoms. The average Bonchev–Trinajstić information content (AvgIpc) is 2.15. The molecule has 1 fully saturated rings. The van der Waals surface area contributed by atoms with Gasteiger partial charge in [-0.15, -0.1) is 0 Å². The average molecular weight is 189 g/mol. The summed E-state index contributed by atoms with van der Waals surface area (Å²) in [6.07, 6.45) is 0.544. The van der Waals surface area contributed by atoms with Crippen molar-refractivity contribution in [3.8, 4) is 0 Å². The maximum absolute atomic E-state index is 10.4. The zero-order valence-electron chi connectivity index (χ0n) is 7.40. The Morgan fingerprint density at radius 3 is 2.62 bits per heavy atom. The van der Waals surface area contributed by atoms with Crippen molar-refractivity contribution in [2.24, 2.45) is 5.92 Å². The van der Waals surface area contributed by atoms with Crippen LogP contribution in [-0.4, -0.2) is 42.2 Å². The van der Waals surface area contributed by atoms with E-state index in [0.29, 0.717) is 13.2 Å². The predicted octanol–water partition coefficient (Wildman–Crippen LogP) is 0.0415. The number of rotatable bonds is 3. The number of ether oxygens (including phenoxy) is 1. The monoisotopic (exact) mass is 189 g/mol. The van der Waals surface area contributed by atoms with E-state index in [0.717, 1.165) is 12.8 Å². The van der Waals surface area contributed by atoms with Crippen LogP contribution in [0.4, 0.5) is 4.79 Å². The lowest BCUT2D eigenvalue weighted by atomic mass is 9.92. The Morgan fingerprint density at radius 2 is 2.15 bits per heavy atom. The normalized spacial score (nSPS) is 21.0. The molecule has 1 aliphatic rings. The van der Waals surface area contributed by atoms with Crippen LogP contribution in [0.1, 0.15) is 12.8 Å². The predicted molar refractivity (Wildman–Crippen MR) is 45.6 cm³/mol. The van der Waals surface area contributed by atoms with Crippen molar-refractivity contribution in [1.82, 2.24) is 5.32 Å². The molecule has 1 amide bonds. The van der Waals surface area contributed by atoms with Gasteiger partial charge < -0.3 is 20.3 Å². The van der Waals surface area contributed by atoms with Gasteiger partial charge in [-0.3, -0.25) is 0 Å². The highest BCUT2D eigenvalue weighted by molar-refractivity contribution is 5.64. The number of aliphatic hydroxyl groups excluding tert-OH is 1. The van der Waals surface area contributed by atoms with E-state index in [4.69, 9.17) is 14.9 Å². The minimum atomic E-state index is -1.08. The van der Waals surface area contributed by atoms with E-state index in [1.807, 2.05) is 0 Å². The van der Waals surface area contributed by atoms with Crippen LogP contribution in [0.5, 0.6) is 0 Å². The maximum Gasteiger partial charge on any atom is 0.404 e. The summed E-state index contributed by atoms with van der Waals surface area (Å²) in [4.78, 5) is 10.4. The summed E-state index contributed by atoms with van der Waals surface area (Å²) in [5.41, 5.74) is 0. The molecular weight excluding hydrogens is 174 g/mol. The topological polar surface area (TPSA) is 78.8 Å². The number of hydrogen-bond acceptors (Lipinski definition) is 3. The molecule has 0 aromatic carbocycles. The van der Waals surface area contributed by atoms with Gasteiger partial charge in [0.2, 0.25) is 0 Å². The number of carbonyl (C=O) groups is 1. The summed E-state index contributed by atoms with van der Waals surface area (Å²) < 4.78 is 5.14. The van der Waals surface area contributed by atoms with Crippen LogP contribution in [-0.2, 0) is 4.74 Å². The van der Waals surface area contributed by atoms with E-state index in [9.17, 15) is 4.79 Å². The van der Waals surface area contributed by atoms with Crippen LogP contribution in [0, 0.1) is 5.92 Å². The standard InChI is InChI=1S/C8H15NO4/c10-5-7(9-8(11)12)6-1-3-13-4-2-6/h6-7,9-10H,1-5H2,(H,11,12). The highest BCUT2D eigenvalue weighted by Gasteiger charge is 2.24. The van der Waals surface area contributed by atoms with Gasteiger partial charge in [0.05, 0.1) is 12.6 Å². The molecular formula is C8H15NO4. The summed E-state index contributed by atoms with van der Waals surface area (Å²) in [7, 11) is 0. The number of aliphatic hydroxyl groups is 1. The zero-order valence-corrected chi connectivity index (χ0v) is 7.40. The fourth-order valence-corrected chi connectivity index (χ4v) is 1.59. The molecule has 1 atom stereocenters. The lowest BCUT2D eigenvalue weighted by molar-refractivity contribution is 0.0438. The Hall–Kier alpha value is -0.810. The molecule has 1 aliphatic heterocycles. The van der Waals surface area contributed by atoms with Crippen LogP contribution in [0.3, 0.4) is 0 Å². The summed E-state index contributed by atoms with van der Waals surface area (Å²) in [6.45, 7) is 1.17. The second kappa shape index (κ2) is 5.04. The Kier molecular flexibility index (Phi) is 3.98. The molecule has 1 rings (SSSR count). The third kappa shape index (κ3) is 3.20. The van der Waals surface area contributed by atoms with E-state index < -0.39 is 6.09 Å². The molecule has 0 radical (unpaired) electrons. The van der Waals surface area contributed by atoms with Gasteiger partial charge in [0, 0.05) is 13.2 Å². The number of amides is 1. The molecule has 1 heterocycles. The number of hydrogen-bond donors (Lipinski definition) is 3. The minimum absolute atomic E-state index is 0.142. The molecule has 1 saturated heterocycles. The second-order valence-corrected chi connectivity index (χ2v) is 3.19. The Bertz CT molecular complexity index is 168. The van der Waals surface area contributed by atoms with Gasteiger partial charge in [-0.2, -0.15) is 0 Å². The third-order valence-electron chi connectivity index (χ3n) is 2.34. The van der Waals surface area contributed by atoms with E-state index in [1.54, 1.807) is 0 Å². The number of nitrogens with one attached hydrogen (secondary N) is 1. The summed E-state index contributed by atoms with van der Waals surface area (Å²) in [5, 5.41) is 19.8. The first-order chi connectivity index (χ1) is 6.24. The van der Waals surface area contributed by atoms with E-state index >= 15 is 0 Å². The largest absolute Gasteiger partial charge is 0.465 e. The van der Waals surface area contributed by atoms with Gasteiger partial charge in [0.15, 0.2) is 0 Å². The molecule has 76 valence electrons. The maximum atomic E-state index is 10.4. The molecule has 0 saturated carbocycles. The summed E-state index contributed by atoms with van der Waals surface area (Å²) >= 11 is 0. The lowest BCUT2D eigenvalue weighted by Gasteiger charge is -2.28. The van der Waals surface area contributed by atoms with Gasteiger partial charge in [-0.25, -0.2) is 4.79 Å². The van der Waals surface area contributed by atoms with Crippen molar-refractivity contribution in [2.75, 3.05) is 19.8 Å². The molecule has 0 aromatic rings. The molecule has 0 spiro atoms. The first-order valence-electron chi connectivity index (χ1n) is 4.42. The van der Waals surface area contributed by atoms with Gasteiger partial charge in [-0.1, -0.05) is 0 Å². The lowest BCUT2D eigenvalue weighted by Crippen LogP contribution is -2.44. The molecule has 1 unspecified atom stereocenters.